The number of aryl methyl sites for hydroxylation is 2. The predicted molar refractivity (Wildman–Crippen MR) is 169 cm³/mol. The SMILES string of the molecule is CCCCc1nc(CC)c(CC(=O)N2CC3CCCCC3C2)c(=O)n1Cc1ccc(-c2ccccc2-c2noc(=O)[nH]2)cc1. The van der Waals surface area contributed by atoms with Crippen molar-refractivity contribution in [1.29, 1.82) is 0 Å². The number of carbonyl (C=O) groups is 1. The largest absolute Gasteiger partial charge is 0.439 e. The number of carbonyl (C=O) groups excluding carboxylic acids is 1. The third-order valence-corrected chi connectivity index (χ3v) is 9.40. The lowest BCUT2D eigenvalue weighted by atomic mass is 9.82. The highest BCUT2D eigenvalue weighted by molar-refractivity contribution is 5.80. The van der Waals surface area contributed by atoms with E-state index in [1.165, 1.54) is 25.7 Å². The van der Waals surface area contributed by atoms with Gasteiger partial charge in [-0.1, -0.05) is 86.8 Å². The van der Waals surface area contributed by atoms with Gasteiger partial charge in [-0.3, -0.25) is 23.7 Å². The zero-order valence-electron chi connectivity index (χ0n) is 25.7. The van der Waals surface area contributed by atoms with E-state index in [0.717, 1.165) is 59.7 Å². The molecule has 2 fully saturated rings. The molecule has 6 rings (SSSR count). The number of rotatable bonds is 10. The van der Waals surface area contributed by atoms with Crippen LogP contribution < -0.4 is 11.3 Å². The summed E-state index contributed by atoms with van der Waals surface area (Å²) < 4.78 is 6.51. The van der Waals surface area contributed by atoms with Gasteiger partial charge in [0.2, 0.25) is 5.91 Å². The maximum Gasteiger partial charge on any atom is 0.439 e. The number of H-pyrrole nitrogens is 1. The summed E-state index contributed by atoms with van der Waals surface area (Å²) in [5.74, 6) is 1.82. The number of amides is 1. The van der Waals surface area contributed by atoms with Crippen LogP contribution in [-0.2, 0) is 30.6 Å². The van der Waals surface area contributed by atoms with Crippen molar-refractivity contribution in [3.8, 4) is 22.5 Å². The Hall–Kier alpha value is -4.27. The number of hydrogen-bond donors (Lipinski definition) is 1. The van der Waals surface area contributed by atoms with Crippen molar-refractivity contribution in [2.24, 2.45) is 11.8 Å². The second-order valence-electron chi connectivity index (χ2n) is 12.3. The van der Waals surface area contributed by atoms with E-state index in [9.17, 15) is 14.4 Å². The summed E-state index contributed by atoms with van der Waals surface area (Å²) in [6, 6.07) is 15.7. The van der Waals surface area contributed by atoms with E-state index in [2.05, 4.69) is 17.1 Å². The van der Waals surface area contributed by atoms with Crippen molar-refractivity contribution in [1.82, 2.24) is 24.6 Å². The molecule has 2 aliphatic rings. The molecule has 1 aliphatic heterocycles. The molecular formula is C35H41N5O4. The minimum absolute atomic E-state index is 0.0531. The Bertz CT molecular complexity index is 1720. The Labute approximate surface area is 257 Å². The molecule has 4 aromatic rings. The van der Waals surface area contributed by atoms with Crippen LogP contribution in [0.1, 0.15) is 75.0 Å². The zero-order chi connectivity index (χ0) is 30.6. The number of unbranched alkanes of at least 4 members (excludes halogenated alkanes) is 1. The van der Waals surface area contributed by atoms with Gasteiger partial charge in [0, 0.05) is 30.6 Å². The van der Waals surface area contributed by atoms with Gasteiger partial charge in [-0.25, -0.2) is 9.78 Å². The highest BCUT2D eigenvalue weighted by Crippen LogP contribution is 2.36. The third-order valence-electron chi connectivity index (χ3n) is 9.40. The molecule has 9 heteroatoms. The molecule has 2 unspecified atom stereocenters. The minimum Gasteiger partial charge on any atom is -0.342 e. The Morgan fingerprint density at radius 3 is 2.32 bits per heavy atom. The Balaban J connectivity index is 1.28. The first kappa shape index (κ1) is 29.8. The molecule has 2 atom stereocenters. The van der Waals surface area contributed by atoms with Gasteiger partial charge in [-0.15, -0.1) is 0 Å². The van der Waals surface area contributed by atoms with E-state index in [4.69, 9.17) is 9.51 Å². The van der Waals surface area contributed by atoms with E-state index in [1.54, 1.807) is 4.57 Å². The Morgan fingerprint density at radius 2 is 1.68 bits per heavy atom. The number of aromatic amines is 1. The van der Waals surface area contributed by atoms with Crippen molar-refractivity contribution < 1.29 is 9.32 Å². The molecule has 0 spiro atoms. The van der Waals surface area contributed by atoms with Crippen molar-refractivity contribution in [3.05, 3.63) is 92.1 Å². The molecule has 9 nitrogen and oxygen atoms in total. The van der Waals surface area contributed by atoms with Gasteiger partial charge in [0.25, 0.3) is 5.56 Å². The molecule has 1 saturated carbocycles. The average molecular weight is 596 g/mol. The molecule has 0 bridgehead atoms. The number of hydrogen-bond acceptors (Lipinski definition) is 6. The lowest BCUT2D eigenvalue weighted by molar-refractivity contribution is -0.129. The molecule has 230 valence electrons. The van der Waals surface area contributed by atoms with Gasteiger partial charge < -0.3 is 4.90 Å². The lowest BCUT2D eigenvalue weighted by Gasteiger charge is -2.22. The van der Waals surface area contributed by atoms with Crippen LogP contribution in [-0.4, -0.2) is 43.6 Å². The predicted octanol–water partition coefficient (Wildman–Crippen LogP) is 5.40. The van der Waals surface area contributed by atoms with Gasteiger partial charge >= 0.3 is 5.76 Å². The maximum absolute atomic E-state index is 14.1. The molecule has 0 radical (unpaired) electrons. The number of fused-ring (bicyclic) bond motifs is 1. The van der Waals surface area contributed by atoms with E-state index >= 15 is 0 Å². The number of benzene rings is 2. The maximum atomic E-state index is 14.1. The van der Waals surface area contributed by atoms with Crippen LogP contribution in [0.4, 0.5) is 0 Å². The van der Waals surface area contributed by atoms with Crippen LogP contribution in [0.5, 0.6) is 0 Å². The van der Waals surface area contributed by atoms with E-state index in [0.29, 0.717) is 42.6 Å². The fourth-order valence-corrected chi connectivity index (χ4v) is 6.98. The first-order valence-corrected chi connectivity index (χ1v) is 16.1. The first-order chi connectivity index (χ1) is 21.4. The van der Waals surface area contributed by atoms with Crippen LogP contribution in [0.2, 0.25) is 0 Å². The summed E-state index contributed by atoms with van der Waals surface area (Å²) in [6.07, 6.45) is 8.31. The van der Waals surface area contributed by atoms with Crippen molar-refractivity contribution in [2.75, 3.05) is 13.1 Å². The van der Waals surface area contributed by atoms with Gasteiger partial charge in [0.15, 0.2) is 5.82 Å². The Kier molecular flexibility index (Phi) is 8.91. The molecule has 1 aliphatic carbocycles. The summed E-state index contributed by atoms with van der Waals surface area (Å²) in [6.45, 7) is 6.17. The second kappa shape index (κ2) is 13.2. The van der Waals surface area contributed by atoms with Crippen molar-refractivity contribution >= 4 is 5.91 Å². The van der Waals surface area contributed by atoms with Crippen LogP contribution in [0, 0.1) is 11.8 Å². The fourth-order valence-electron chi connectivity index (χ4n) is 6.98. The van der Waals surface area contributed by atoms with Gasteiger partial charge in [0.1, 0.15) is 5.82 Å². The van der Waals surface area contributed by atoms with Crippen LogP contribution in [0.25, 0.3) is 22.5 Å². The molecule has 1 saturated heterocycles. The van der Waals surface area contributed by atoms with E-state index < -0.39 is 5.76 Å². The lowest BCUT2D eigenvalue weighted by Crippen LogP contribution is -2.36. The van der Waals surface area contributed by atoms with Gasteiger partial charge in [-0.2, -0.15) is 0 Å². The molecule has 2 aromatic heterocycles. The summed E-state index contributed by atoms with van der Waals surface area (Å²) >= 11 is 0. The summed E-state index contributed by atoms with van der Waals surface area (Å²) in [4.78, 5) is 48.8. The molecule has 2 aromatic carbocycles. The second-order valence-corrected chi connectivity index (χ2v) is 12.3. The smallest absolute Gasteiger partial charge is 0.342 e. The average Bonchev–Trinajstić information content (AvgIpc) is 3.69. The first-order valence-electron chi connectivity index (χ1n) is 16.1. The van der Waals surface area contributed by atoms with Crippen LogP contribution in [0.3, 0.4) is 0 Å². The fraction of sp³-hybridized carbons (Fsp3) is 0.457. The Morgan fingerprint density at radius 1 is 0.977 bits per heavy atom. The molecular weight excluding hydrogens is 554 g/mol. The summed E-state index contributed by atoms with van der Waals surface area (Å²) in [7, 11) is 0. The third kappa shape index (κ3) is 6.18. The zero-order valence-corrected chi connectivity index (χ0v) is 25.7. The van der Waals surface area contributed by atoms with Crippen LogP contribution >= 0.6 is 0 Å². The summed E-state index contributed by atoms with van der Waals surface area (Å²) in [5, 5.41) is 3.86. The standard InChI is InChI=1S/C35H41N5O4/c1-3-5-14-31-36-30(4-2)29(19-32(41)39-21-25-10-6-7-11-26(25)22-39)34(42)40(31)20-23-15-17-24(18-16-23)27-12-8-9-13-28(27)33-37-35(43)44-38-33/h8-9,12-13,15-18,25-26H,3-7,10-11,14,19-22H2,1-2H3,(H,37,38,43). The molecule has 44 heavy (non-hydrogen) atoms. The normalized spacial score (nSPS) is 18.0. The van der Waals surface area contributed by atoms with Crippen molar-refractivity contribution in [2.45, 2.75) is 78.2 Å². The van der Waals surface area contributed by atoms with Gasteiger partial charge in [0.05, 0.1) is 18.7 Å². The minimum atomic E-state index is -0.600. The summed E-state index contributed by atoms with van der Waals surface area (Å²) in [5.41, 5.74) is 4.77. The molecule has 1 N–H and O–H groups in total. The topological polar surface area (TPSA) is 114 Å². The number of likely N-dealkylation sites (tertiary alicyclic amines) is 1. The molecule has 3 heterocycles. The van der Waals surface area contributed by atoms with E-state index in [-0.39, 0.29) is 17.9 Å². The monoisotopic (exact) mass is 595 g/mol. The quantitative estimate of drug-likeness (QED) is 0.263. The van der Waals surface area contributed by atoms with Crippen molar-refractivity contribution in [3.63, 3.8) is 0 Å². The van der Waals surface area contributed by atoms with Gasteiger partial charge in [-0.05, 0) is 54.2 Å². The number of aromatic nitrogens is 4. The highest BCUT2D eigenvalue weighted by atomic mass is 16.5. The number of nitrogens with zero attached hydrogens (tertiary/aromatic N) is 4. The van der Waals surface area contributed by atoms with Crippen LogP contribution in [0.15, 0.2) is 62.6 Å². The molecule has 1 amide bonds. The number of nitrogens with one attached hydrogen (secondary N) is 1. The van der Waals surface area contributed by atoms with E-state index in [1.807, 2.05) is 60.4 Å². The highest BCUT2D eigenvalue weighted by Gasteiger charge is 2.36.